The van der Waals surface area contributed by atoms with E-state index in [2.05, 4.69) is 19.9 Å². The van der Waals surface area contributed by atoms with Crippen molar-refractivity contribution in [3.63, 3.8) is 0 Å². The molecule has 0 fully saturated rings. The minimum Gasteiger partial charge on any atom is -0.478 e. The molecule has 0 heterocycles. The molecular weight excluding hydrogens is 188 g/mol. The van der Waals surface area contributed by atoms with Crippen molar-refractivity contribution in [1.29, 1.82) is 0 Å². The van der Waals surface area contributed by atoms with Crippen LogP contribution in [0, 0.1) is 5.92 Å². The molecule has 0 aliphatic rings. The molecule has 0 spiro atoms. The summed E-state index contributed by atoms with van der Waals surface area (Å²) in [5.41, 5.74) is 1.37. The van der Waals surface area contributed by atoms with E-state index < -0.39 is 5.97 Å². The highest BCUT2D eigenvalue weighted by molar-refractivity contribution is 5.87. The number of carboxylic acid groups (broad SMARTS) is 1. The smallest absolute Gasteiger partial charge is 0.335 e. The summed E-state index contributed by atoms with van der Waals surface area (Å²) in [7, 11) is 0. The van der Waals surface area contributed by atoms with Crippen LogP contribution in [-0.4, -0.2) is 11.1 Å². The lowest BCUT2D eigenvalue weighted by Crippen LogP contribution is -1.94. The fourth-order valence-corrected chi connectivity index (χ4v) is 1.21. The first kappa shape index (κ1) is 11.5. The fraction of sp³-hybridized carbons (Fsp3) is 0.308. The minimum absolute atomic E-state index is 0.330. The third-order valence-electron chi connectivity index (χ3n) is 2.08. The molecule has 0 aliphatic heterocycles. The Morgan fingerprint density at radius 3 is 2.40 bits per heavy atom. The van der Waals surface area contributed by atoms with E-state index in [4.69, 9.17) is 5.11 Å². The van der Waals surface area contributed by atoms with Gasteiger partial charge in [-0.15, -0.1) is 0 Å². The van der Waals surface area contributed by atoms with Crippen LogP contribution in [0.2, 0.25) is 0 Å². The SMILES string of the molecule is CC(C)CC=Cc1ccc(C(=O)O)cc1. The van der Waals surface area contributed by atoms with Gasteiger partial charge >= 0.3 is 5.97 Å². The van der Waals surface area contributed by atoms with E-state index in [1.165, 1.54) is 0 Å². The molecule has 0 saturated heterocycles. The first-order valence-electron chi connectivity index (χ1n) is 5.09. The van der Waals surface area contributed by atoms with E-state index in [1.807, 2.05) is 18.2 Å². The third kappa shape index (κ3) is 3.98. The Kier molecular flexibility index (Phi) is 4.10. The maximum Gasteiger partial charge on any atom is 0.335 e. The summed E-state index contributed by atoms with van der Waals surface area (Å²) in [5, 5.41) is 8.71. The standard InChI is InChI=1S/C13H16O2/c1-10(2)4-3-5-11-6-8-12(9-7-11)13(14)15/h3,5-10H,4H2,1-2H3,(H,14,15). The van der Waals surface area contributed by atoms with Crippen molar-refractivity contribution >= 4 is 12.0 Å². The second kappa shape index (κ2) is 5.35. The Bertz CT molecular complexity index is 347. The van der Waals surface area contributed by atoms with E-state index in [-0.39, 0.29) is 0 Å². The van der Waals surface area contributed by atoms with Crippen LogP contribution in [0.5, 0.6) is 0 Å². The summed E-state index contributed by atoms with van der Waals surface area (Å²) in [6.45, 7) is 4.33. The quantitative estimate of drug-likeness (QED) is 0.815. The van der Waals surface area contributed by atoms with Crippen LogP contribution in [-0.2, 0) is 0 Å². The second-order valence-electron chi connectivity index (χ2n) is 3.96. The van der Waals surface area contributed by atoms with Gasteiger partial charge in [0.15, 0.2) is 0 Å². The van der Waals surface area contributed by atoms with Crippen LogP contribution < -0.4 is 0 Å². The number of rotatable bonds is 4. The zero-order chi connectivity index (χ0) is 11.3. The van der Waals surface area contributed by atoms with Gasteiger partial charge in [0.25, 0.3) is 0 Å². The molecule has 0 radical (unpaired) electrons. The molecule has 0 bridgehead atoms. The zero-order valence-electron chi connectivity index (χ0n) is 9.10. The van der Waals surface area contributed by atoms with Gasteiger partial charge < -0.3 is 5.11 Å². The highest BCUT2D eigenvalue weighted by Gasteiger charge is 1.99. The highest BCUT2D eigenvalue weighted by atomic mass is 16.4. The molecule has 0 saturated carbocycles. The van der Waals surface area contributed by atoms with Crippen LogP contribution >= 0.6 is 0 Å². The van der Waals surface area contributed by atoms with Crippen molar-refractivity contribution in [3.05, 3.63) is 41.5 Å². The van der Waals surface area contributed by atoms with Crippen LogP contribution in [0.4, 0.5) is 0 Å². The number of allylic oxidation sites excluding steroid dienone is 1. The van der Waals surface area contributed by atoms with Gasteiger partial charge in [-0.3, -0.25) is 0 Å². The topological polar surface area (TPSA) is 37.3 Å². The average molecular weight is 204 g/mol. The van der Waals surface area contributed by atoms with Crippen molar-refractivity contribution in [2.45, 2.75) is 20.3 Å². The summed E-state index contributed by atoms with van der Waals surface area (Å²) in [4.78, 5) is 10.6. The van der Waals surface area contributed by atoms with Crippen molar-refractivity contribution < 1.29 is 9.90 Å². The summed E-state index contributed by atoms with van der Waals surface area (Å²) in [6, 6.07) is 6.88. The number of hydrogen-bond donors (Lipinski definition) is 1. The molecular formula is C13H16O2. The molecule has 15 heavy (non-hydrogen) atoms. The molecule has 0 aromatic heterocycles. The van der Waals surface area contributed by atoms with E-state index in [0.717, 1.165) is 12.0 Å². The van der Waals surface area contributed by atoms with Crippen molar-refractivity contribution in [2.24, 2.45) is 5.92 Å². The lowest BCUT2D eigenvalue weighted by Gasteiger charge is -1.98. The van der Waals surface area contributed by atoms with Crippen molar-refractivity contribution in [2.75, 3.05) is 0 Å². The maximum atomic E-state index is 10.6. The largest absolute Gasteiger partial charge is 0.478 e. The molecule has 1 aromatic rings. The Morgan fingerprint density at radius 1 is 1.33 bits per heavy atom. The predicted molar refractivity (Wildman–Crippen MR) is 61.9 cm³/mol. The fourth-order valence-electron chi connectivity index (χ4n) is 1.21. The third-order valence-corrected chi connectivity index (χ3v) is 2.08. The average Bonchev–Trinajstić information content (AvgIpc) is 2.18. The van der Waals surface area contributed by atoms with Gasteiger partial charge in [0.05, 0.1) is 5.56 Å². The van der Waals surface area contributed by atoms with E-state index in [9.17, 15) is 4.79 Å². The number of carboxylic acids is 1. The first-order valence-corrected chi connectivity index (χ1v) is 5.09. The molecule has 0 aliphatic carbocycles. The van der Waals surface area contributed by atoms with E-state index in [1.54, 1.807) is 12.1 Å². The normalized spacial score (nSPS) is 11.1. The first-order chi connectivity index (χ1) is 7.09. The Morgan fingerprint density at radius 2 is 1.93 bits per heavy atom. The molecule has 1 aromatic carbocycles. The molecule has 2 heteroatoms. The van der Waals surface area contributed by atoms with Crippen LogP contribution in [0.1, 0.15) is 36.2 Å². The van der Waals surface area contributed by atoms with Crippen LogP contribution in [0.15, 0.2) is 30.3 Å². The zero-order valence-corrected chi connectivity index (χ0v) is 9.10. The van der Waals surface area contributed by atoms with Gasteiger partial charge in [0.1, 0.15) is 0 Å². The molecule has 1 N–H and O–H groups in total. The van der Waals surface area contributed by atoms with Gasteiger partial charge in [0, 0.05) is 0 Å². The molecule has 80 valence electrons. The molecule has 0 unspecified atom stereocenters. The van der Waals surface area contributed by atoms with Gasteiger partial charge in [-0.2, -0.15) is 0 Å². The lowest BCUT2D eigenvalue weighted by molar-refractivity contribution is 0.0697. The van der Waals surface area contributed by atoms with Gasteiger partial charge in [-0.1, -0.05) is 38.1 Å². The summed E-state index contributed by atoms with van der Waals surface area (Å²) in [6.07, 6.45) is 5.17. The van der Waals surface area contributed by atoms with Gasteiger partial charge in [-0.05, 0) is 30.0 Å². The minimum atomic E-state index is -0.882. The number of aromatic carboxylic acids is 1. The molecule has 2 nitrogen and oxygen atoms in total. The predicted octanol–water partition coefficient (Wildman–Crippen LogP) is 3.44. The Hall–Kier alpha value is -1.57. The number of hydrogen-bond acceptors (Lipinski definition) is 1. The molecule has 0 atom stereocenters. The van der Waals surface area contributed by atoms with Crippen LogP contribution in [0.3, 0.4) is 0 Å². The molecule has 0 amide bonds. The van der Waals surface area contributed by atoms with Gasteiger partial charge in [-0.25, -0.2) is 4.79 Å². The monoisotopic (exact) mass is 204 g/mol. The van der Waals surface area contributed by atoms with Crippen molar-refractivity contribution in [1.82, 2.24) is 0 Å². The number of benzene rings is 1. The highest BCUT2D eigenvalue weighted by Crippen LogP contribution is 2.08. The number of carbonyl (C=O) groups is 1. The van der Waals surface area contributed by atoms with Crippen molar-refractivity contribution in [3.8, 4) is 0 Å². The van der Waals surface area contributed by atoms with Crippen LogP contribution in [0.25, 0.3) is 6.08 Å². The second-order valence-corrected chi connectivity index (χ2v) is 3.96. The summed E-state index contributed by atoms with van der Waals surface area (Å²) in [5.74, 6) is -0.229. The van der Waals surface area contributed by atoms with E-state index in [0.29, 0.717) is 11.5 Å². The summed E-state index contributed by atoms with van der Waals surface area (Å²) < 4.78 is 0. The molecule has 1 rings (SSSR count). The Balaban J connectivity index is 2.64. The lowest BCUT2D eigenvalue weighted by atomic mass is 10.1. The maximum absolute atomic E-state index is 10.6. The van der Waals surface area contributed by atoms with E-state index >= 15 is 0 Å². The Labute approximate surface area is 90.3 Å². The van der Waals surface area contributed by atoms with Gasteiger partial charge in [0.2, 0.25) is 0 Å². The summed E-state index contributed by atoms with van der Waals surface area (Å²) >= 11 is 0.